The Morgan fingerprint density at radius 1 is 1.19 bits per heavy atom. The van der Waals surface area contributed by atoms with E-state index in [1.807, 2.05) is 30.4 Å². The Kier molecular flexibility index (Phi) is 5.32. The lowest BCUT2D eigenvalue weighted by Gasteiger charge is -2.11. The normalized spacial score (nSPS) is 12.3. The van der Waals surface area contributed by atoms with Crippen molar-refractivity contribution >= 4 is 16.9 Å². The molecule has 0 aliphatic heterocycles. The average molecular weight is 360 g/mol. The van der Waals surface area contributed by atoms with Crippen molar-refractivity contribution in [3.8, 4) is 0 Å². The minimum atomic E-state index is -0.872. The fraction of sp³-hybridized carbons (Fsp3) is 0.250. The molecule has 0 unspecified atom stereocenters. The molecule has 0 saturated heterocycles. The summed E-state index contributed by atoms with van der Waals surface area (Å²) in [6.45, 7) is 4.31. The summed E-state index contributed by atoms with van der Waals surface area (Å²) in [6, 6.07) is 11.1. The molecule has 0 saturated carbocycles. The predicted molar refractivity (Wildman–Crippen MR) is 92.6 cm³/mol. The molecule has 0 radical (unpaired) electrons. The molecule has 1 aromatic heterocycles. The van der Waals surface area contributed by atoms with E-state index in [-0.39, 0.29) is 18.4 Å². The van der Waals surface area contributed by atoms with E-state index in [1.54, 1.807) is 19.1 Å². The predicted octanol–water partition coefficient (Wildman–Crippen LogP) is 3.71. The van der Waals surface area contributed by atoms with Crippen LogP contribution in [0, 0.1) is 11.6 Å². The number of rotatable bonds is 6. The number of hydrogen-bond acceptors (Lipinski definition) is 3. The van der Waals surface area contributed by atoms with E-state index >= 15 is 0 Å². The molecule has 1 atom stereocenters. The van der Waals surface area contributed by atoms with Gasteiger partial charge in [0.1, 0.15) is 18.2 Å². The van der Waals surface area contributed by atoms with Crippen molar-refractivity contribution in [1.82, 2.24) is 0 Å². The van der Waals surface area contributed by atoms with E-state index in [0.29, 0.717) is 17.7 Å². The lowest BCUT2D eigenvalue weighted by molar-refractivity contribution is -0.707. The molecule has 0 fully saturated rings. The van der Waals surface area contributed by atoms with Gasteiger partial charge in [-0.1, -0.05) is 18.2 Å². The van der Waals surface area contributed by atoms with Crippen LogP contribution in [0.25, 0.3) is 11.0 Å². The van der Waals surface area contributed by atoms with Gasteiger partial charge in [-0.3, -0.25) is 0 Å². The van der Waals surface area contributed by atoms with Crippen molar-refractivity contribution < 1.29 is 28.0 Å². The first-order chi connectivity index (χ1) is 12.5. The number of carbonyl (C=O) groups is 1. The first kappa shape index (κ1) is 18.1. The number of fused-ring (bicyclic) bond motifs is 1. The number of quaternary nitrogens is 1. The summed E-state index contributed by atoms with van der Waals surface area (Å²) < 4.78 is 37.3. The van der Waals surface area contributed by atoms with Gasteiger partial charge in [0.15, 0.2) is 11.6 Å². The first-order valence-electron chi connectivity index (χ1n) is 8.47. The Morgan fingerprint density at radius 2 is 1.96 bits per heavy atom. The number of para-hydroxylation sites is 1. The van der Waals surface area contributed by atoms with Crippen molar-refractivity contribution in [2.75, 3.05) is 6.61 Å². The van der Waals surface area contributed by atoms with Gasteiger partial charge in [0.2, 0.25) is 5.76 Å². The fourth-order valence-electron chi connectivity index (χ4n) is 2.89. The van der Waals surface area contributed by atoms with Crippen molar-refractivity contribution in [3.05, 3.63) is 71.0 Å². The number of furan rings is 1. The Balaban J connectivity index is 1.86. The molecule has 2 aromatic carbocycles. The standard InChI is InChI=1S/C20H19F2NO3/c1-3-25-20(24)19-15(14-6-4-5-7-18(14)26-19)11-23-12(2)13-8-9-16(21)17(22)10-13/h4-10,12,23H,3,11H2,1-2H3/p+1/t12-/m0/s1. The zero-order chi connectivity index (χ0) is 18.7. The van der Waals surface area contributed by atoms with Crippen molar-refractivity contribution in [3.63, 3.8) is 0 Å². The number of carbonyl (C=O) groups excluding carboxylic acids is 1. The highest BCUT2D eigenvalue weighted by Crippen LogP contribution is 2.26. The van der Waals surface area contributed by atoms with E-state index < -0.39 is 17.6 Å². The quantitative estimate of drug-likeness (QED) is 0.682. The number of ether oxygens (including phenoxy) is 1. The van der Waals surface area contributed by atoms with Crippen LogP contribution in [0.15, 0.2) is 46.9 Å². The Morgan fingerprint density at radius 3 is 2.69 bits per heavy atom. The Labute approximate surface area is 149 Å². The number of hydrogen-bond donors (Lipinski definition) is 1. The lowest BCUT2D eigenvalue weighted by atomic mass is 10.1. The van der Waals surface area contributed by atoms with E-state index in [4.69, 9.17) is 9.15 Å². The highest BCUT2D eigenvalue weighted by atomic mass is 19.2. The molecule has 4 nitrogen and oxygen atoms in total. The molecular formula is C20H20F2NO3+. The van der Waals surface area contributed by atoms with Crippen LogP contribution < -0.4 is 5.32 Å². The summed E-state index contributed by atoms with van der Waals surface area (Å²) in [6.07, 6.45) is 0. The van der Waals surface area contributed by atoms with E-state index in [9.17, 15) is 13.6 Å². The molecule has 2 N–H and O–H groups in total. The van der Waals surface area contributed by atoms with Crippen molar-refractivity contribution in [2.24, 2.45) is 0 Å². The SMILES string of the molecule is CCOC(=O)c1oc2ccccc2c1C[NH2+][C@@H](C)c1ccc(F)c(F)c1. The minimum absolute atomic E-state index is 0.131. The molecule has 0 amide bonds. The Bertz CT molecular complexity index is 936. The fourth-order valence-corrected chi connectivity index (χ4v) is 2.89. The summed E-state index contributed by atoms with van der Waals surface area (Å²) >= 11 is 0. The highest BCUT2D eigenvalue weighted by molar-refractivity contribution is 5.95. The third-order valence-corrected chi connectivity index (χ3v) is 4.30. The van der Waals surface area contributed by atoms with Gasteiger partial charge < -0.3 is 14.5 Å². The summed E-state index contributed by atoms with van der Waals surface area (Å²) in [7, 11) is 0. The molecular weight excluding hydrogens is 340 g/mol. The maximum atomic E-state index is 13.5. The van der Waals surface area contributed by atoms with Gasteiger partial charge in [-0.2, -0.15) is 0 Å². The van der Waals surface area contributed by atoms with Crippen molar-refractivity contribution in [2.45, 2.75) is 26.4 Å². The summed E-state index contributed by atoms with van der Waals surface area (Å²) in [5, 5.41) is 2.77. The zero-order valence-corrected chi connectivity index (χ0v) is 14.6. The van der Waals surface area contributed by atoms with Crippen LogP contribution in [0.3, 0.4) is 0 Å². The summed E-state index contributed by atoms with van der Waals surface area (Å²) in [4.78, 5) is 12.2. The zero-order valence-electron chi connectivity index (χ0n) is 14.6. The van der Waals surface area contributed by atoms with Gasteiger partial charge in [-0.15, -0.1) is 0 Å². The number of nitrogens with two attached hydrogens (primary N) is 1. The van der Waals surface area contributed by atoms with Gasteiger partial charge in [0.25, 0.3) is 0 Å². The largest absolute Gasteiger partial charge is 0.460 e. The Hall–Kier alpha value is -2.73. The second kappa shape index (κ2) is 7.66. The van der Waals surface area contributed by atoms with Crippen LogP contribution in [0.5, 0.6) is 0 Å². The number of esters is 1. The highest BCUT2D eigenvalue weighted by Gasteiger charge is 2.23. The maximum Gasteiger partial charge on any atom is 0.374 e. The third-order valence-electron chi connectivity index (χ3n) is 4.30. The number of halogens is 2. The van der Waals surface area contributed by atoms with E-state index in [1.165, 1.54) is 6.07 Å². The van der Waals surface area contributed by atoms with E-state index in [2.05, 4.69) is 0 Å². The average Bonchev–Trinajstić information content (AvgIpc) is 3.01. The summed E-state index contributed by atoms with van der Waals surface area (Å²) in [5.41, 5.74) is 2.00. The van der Waals surface area contributed by atoms with Crippen molar-refractivity contribution in [1.29, 1.82) is 0 Å². The molecule has 136 valence electrons. The molecule has 0 aliphatic rings. The van der Waals surface area contributed by atoms with Crippen LogP contribution in [0.2, 0.25) is 0 Å². The molecule has 26 heavy (non-hydrogen) atoms. The summed E-state index contributed by atoms with van der Waals surface area (Å²) in [5.74, 6) is -2.07. The van der Waals surface area contributed by atoms with Gasteiger partial charge in [-0.05, 0) is 38.1 Å². The van der Waals surface area contributed by atoms with Crippen LogP contribution in [0.1, 0.15) is 41.6 Å². The van der Waals surface area contributed by atoms with Gasteiger partial charge in [0, 0.05) is 10.9 Å². The smallest absolute Gasteiger partial charge is 0.374 e. The third kappa shape index (κ3) is 3.60. The molecule has 0 spiro atoms. The topological polar surface area (TPSA) is 56.0 Å². The van der Waals surface area contributed by atoms with Crippen LogP contribution in [-0.2, 0) is 11.3 Å². The van der Waals surface area contributed by atoms with Gasteiger partial charge >= 0.3 is 5.97 Å². The van der Waals surface area contributed by atoms with Crippen LogP contribution >= 0.6 is 0 Å². The number of benzene rings is 2. The lowest BCUT2D eigenvalue weighted by Crippen LogP contribution is -2.83. The molecule has 1 heterocycles. The molecule has 0 bridgehead atoms. The minimum Gasteiger partial charge on any atom is -0.460 e. The van der Waals surface area contributed by atoms with E-state index in [0.717, 1.165) is 17.0 Å². The second-order valence-corrected chi connectivity index (χ2v) is 6.03. The first-order valence-corrected chi connectivity index (χ1v) is 8.47. The van der Waals surface area contributed by atoms with Crippen LogP contribution in [-0.4, -0.2) is 12.6 Å². The molecule has 6 heteroatoms. The molecule has 3 aromatic rings. The van der Waals surface area contributed by atoms with Gasteiger partial charge in [0.05, 0.1) is 12.2 Å². The van der Waals surface area contributed by atoms with Crippen LogP contribution in [0.4, 0.5) is 8.78 Å². The second-order valence-electron chi connectivity index (χ2n) is 6.03. The molecule has 0 aliphatic carbocycles. The monoisotopic (exact) mass is 360 g/mol. The van der Waals surface area contributed by atoms with Gasteiger partial charge in [-0.25, -0.2) is 13.6 Å². The maximum absolute atomic E-state index is 13.5. The molecule has 3 rings (SSSR count).